The van der Waals surface area contributed by atoms with Crippen molar-refractivity contribution >= 4 is 0 Å². The van der Waals surface area contributed by atoms with Crippen LogP contribution >= 0.6 is 0 Å². The number of hydrogen-bond acceptors (Lipinski definition) is 0. The predicted octanol–water partition coefficient (Wildman–Crippen LogP) is 6.12. The molecule has 0 atom stereocenters. The molecule has 0 aliphatic carbocycles. The van der Waals surface area contributed by atoms with Crippen molar-refractivity contribution in [3.63, 3.8) is 0 Å². The normalized spacial score (nSPS) is 10.3. The molecule has 3 aromatic carbocycles. The lowest BCUT2D eigenvalue weighted by Crippen LogP contribution is -1.89. The second-order valence-corrected chi connectivity index (χ2v) is 6.02. The number of aryl methyl sites for hydroxylation is 1. The van der Waals surface area contributed by atoms with Gasteiger partial charge in [-0.15, -0.1) is 0 Å². The number of rotatable bonds is 3. The first-order valence-corrected chi connectivity index (χ1v) is 8.43. The minimum Gasteiger partial charge on any atom is -0.206 e. The van der Waals surface area contributed by atoms with Gasteiger partial charge in [0.15, 0.2) is 11.6 Å². The first kappa shape index (κ1) is 17.8. The van der Waals surface area contributed by atoms with Gasteiger partial charge in [-0.1, -0.05) is 49.5 Å². The van der Waals surface area contributed by atoms with Crippen LogP contribution in [0, 0.1) is 29.3 Å². The highest BCUT2D eigenvalue weighted by atomic mass is 19.2. The average Bonchev–Trinajstić information content (AvgIpc) is 2.64. The van der Waals surface area contributed by atoms with E-state index in [0.29, 0.717) is 16.7 Å². The van der Waals surface area contributed by atoms with Gasteiger partial charge < -0.3 is 0 Å². The Balaban J connectivity index is 1.81. The van der Waals surface area contributed by atoms with Crippen molar-refractivity contribution in [3.8, 4) is 23.0 Å². The van der Waals surface area contributed by atoms with Crippen LogP contribution in [0.4, 0.5) is 13.2 Å². The summed E-state index contributed by atoms with van der Waals surface area (Å²) in [6.07, 6.45) is 1.83. The van der Waals surface area contributed by atoms with Gasteiger partial charge >= 0.3 is 0 Å². The summed E-state index contributed by atoms with van der Waals surface area (Å²) >= 11 is 0. The largest absolute Gasteiger partial charge is 0.206 e. The Kier molecular flexibility index (Phi) is 5.43. The molecule has 0 bridgehead atoms. The molecule has 0 unspecified atom stereocenters. The van der Waals surface area contributed by atoms with Crippen LogP contribution in [0.2, 0.25) is 0 Å². The Morgan fingerprint density at radius 1 is 0.692 bits per heavy atom. The molecule has 0 heterocycles. The van der Waals surface area contributed by atoms with Gasteiger partial charge in [0.2, 0.25) is 0 Å². The minimum absolute atomic E-state index is 0.239. The van der Waals surface area contributed by atoms with E-state index in [4.69, 9.17) is 0 Å². The van der Waals surface area contributed by atoms with Crippen LogP contribution in [0.5, 0.6) is 0 Å². The summed E-state index contributed by atoms with van der Waals surface area (Å²) in [4.78, 5) is 0. The highest BCUT2D eigenvalue weighted by Gasteiger charge is 2.06. The molecule has 0 aliphatic rings. The minimum atomic E-state index is -0.922. The van der Waals surface area contributed by atoms with Crippen LogP contribution in [0.1, 0.15) is 30.0 Å². The second-order valence-electron chi connectivity index (χ2n) is 6.02. The summed E-state index contributed by atoms with van der Waals surface area (Å²) in [5.41, 5.74) is 3.41. The summed E-state index contributed by atoms with van der Waals surface area (Å²) in [6, 6.07) is 16.0. The van der Waals surface area contributed by atoms with Crippen LogP contribution in [-0.4, -0.2) is 0 Å². The fourth-order valence-corrected chi connectivity index (χ4v) is 2.69. The van der Waals surface area contributed by atoms with Gasteiger partial charge in [0.25, 0.3) is 0 Å². The molecule has 130 valence electrons. The molecular weight excluding hydrogens is 333 g/mol. The Labute approximate surface area is 151 Å². The lowest BCUT2D eigenvalue weighted by molar-refractivity contribution is 0.508. The van der Waals surface area contributed by atoms with Gasteiger partial charge in [0.05, 0.1) is 0 Å². The number of halogens is 3. The zero-order chi connectivity index (χ0) is 18.5. The molecule has 0 aromatic heterocycles. The summed E-state index contributed by atoms with van der Waals surface area (Å²) in [7, 11) is 0. The summed E-state index contributed by atoms with van der Waals surface area (Å²) in [6.45, 7) is 2.06. The highest BCUT2D eigenvalue weighted by molar-refractivity contribution is 5.65. The van der Waals surface area contributed by atoms with E-state index in [-0.39, 0.29) is 5.82 Å². The third kappa shape index (κ3) is 4.15. The zero-order valence-electron chi connectivity index (χ0n) is 14.3. The van der Waals surface area contributed by atoms with Crippen molar-refractivity contribution in [1.29, 1.82) is 0 Å². The molecule has 0 spiro atoms. The van der Waals surface area contributed by atoms with Crippen molar-refractivity contribution < 1.29 is 13.2 Å². The summed E-state index contributed by atoms with van der Waals surface area (Å²) in [5.74, 6) is 3.63. The maximum Gasteiger partial charge on any atom is 0.160 e. The lowest BCUT2D eigenvalue weighted by atomic mass is 10.0. The van der Waals surface area contributed by atoms with Gasteiger partial charge in [-0.25, -0.2) is 13.2 Å². The molecule has 0 radical (unpaired) electrons. The molecule has 0 N–H and O–H groups in total. The maximum atomic E-state index is 14.3. The van der Waals surface area contributed by atoms with Crippen LogP contribution in [0.25, 0.3) is 11.1 Å². The van der Waals surface area contributed by atoms with E-state index in [1.165, 1.54) is 6.07 Å². The van der Waals surface area contributed by atoms with Gasteiger partial charge in [-0.2, -0.15) is 0 Å². The average molecular weight is 350 g/mol. The molecule has 0 nitrogen and oxygen atoms in total. The first-order valence-electron chi connectivity index (χ1n) is 8.43. The Bertz CT molecular complexity index is 977. The molecule has 3 rings (SSSR count). The van der Waals surface area contributed by atoms with E-state index in [2.05, 4.69) is 18.8 Å². The fourth-order valence-electron chi connectivity index (χ4n) is 2.69. The number of hydrogen-bond donors (Lipinski definition) is 0. The SMILES string of the molecule is CCCc1ccc(-c2ccc(C#Cc3ccc(F)c(F)c3)cc2)c(F)c1. The Morgan fingerprint density at radius 2 is 1.38 bits per heavy atom. The predicted molar refractivity (Wildman–Crippen MR) is 98.2 cm³/mol. The van der Waals surface area contributed by atoms with Crippen LogP contribution in [0.15, 0.2) is 60.7 Å². The molecule has 0 amide bonds. The van der Waals surface area contributed by atoms with E-state index in [0.717, 1.165) is 36.1 Å². The summed E-state index contributed by atoms with van der Waals surface area (Å²) in [5, 5.41) is 0. The van der Waals surface area contributed by atoms with Gasteiger partial charge in [-0.05, 0) is 53.9 Å². The van der Waals surface area contributed by atoms with E-state index in [1.807, 2.05) is 6.07 Å². The maximum absolute atomic E-state index is 14.3. The van der Waals surface area contributed by atoms with Gasteiger partial charge in [-0.3, -0.25) is 0 Å². The van der Waals surface area contributed by atoms with Gasteiger partial charge in [0.1, 0.15) is 5.82 Å². The van der Waals surface area contributed by atoms with E-state index in [9.17, 15) is 13.2 Å². The van der Waals surface area contributed by atoms with Crippen molar-refractivity contribution in [3.05, 3.63) is 94.8 Å². The van der Waals surface area contributed by atoms with Crippen LogP contribution < -0.4 is 0 Å². The van der Waals surface area contributed by atoms with Crippen molar-refractivity contribution in [1.82, 2.24) is 0 Å². The second kappa shape index (κ2) is 7.93. The van der Waals surface area contributed by atoms with Crippen LogP contribution in [-0.2, 0) is 6.42 Å². The monoisotopic (exact) mass is 350 g/mol. The topological polar surface area (TPSA) is 0 Å². The fraction of sp³-hybridized carbons (Fsp3) is 0.130. The summed E-state index contributed by atoms with van der Waals surface area (Å²) < 4.78 is 40.4. The lowest BCUT2D eigenvalue weighted by Gasteiger charge is -2.06. The third-order valence-electron chi connectivity index (χ3n) is 4.04. The van der Waals surface area contributed by atoms with E-state index >= 15 is 0 Å². The highest BCUT2D eigenvalue weighted by Crippen LogP contribution is 2.24. The molecule has 0 aliphatic heterocycles. The Hall–Kier alpha value is -2.99. The zero-order valence-corrected chi connectivity index (χ0v) is 14.3. The van der Waals surface area contributed by atoms with Crippen molar-refractivity contribution in [2.45, 2.75) is 19.8 Å². The smallest absolute Gasteiger partial charge is 0.160 e. The Morgan fingerprint density at radius 3 is 2.04 bits per heavy atom. The van der Waals surface area contributed by atoms with Gasteiger partial charge in [0, 0.05) is 16.7 Å². The molecule has 3 aromatic rings. The van der Waals surface area contributed by atoms with Crippen molar-refractivity contribution in [2.24, 2.45) is 0 Å². The van der Waals surface area contributed by atoms with Crippen LogP contribution in [0.3, 0.4) is 0 Å². The van der Waals surface area contributed by atoms with Crippen molar-refractivity contribution in [2.75, 3.05) is 0 Å². The van der Waals surface area contributed by atoms with E-state index in [1.54, 1.807) is 36.4 Å². The molecular formula is C23H17F3. The molecule has 3 heteroatoms. The molecule has 0 saturated carbocycles. The number of benzene rings is 3. The molecule has 0 fully saturated rings. The van der Waals surface area contributed by atoms with E-state index < -0.39 is 11.6 Å². The first-order chi connectivity index (χ1) is 12.6. The third-order valence-corrected chi connectivity index (χ3v) is 4.04. The molecule has 0 saturated heterocycles. The standard InChI is InChI=1S/C23H17F3/c1-2-3-17-8-12-20(22(25)14-17)19-10-6-16(7-11-19)4-5-18-9-13-21(24)23(26)15-18/h6-15H,2-3H2,1H3. The quantitative estimate of drug-likeness (QED) is 0.499. The molecule has 26 heavy (non-hydrogen) atoms.